The highest BCUT2D eigenvalue weighted by molar-refractivity contribution is 14.1. The van der Waals surface area contributed by atoms with Crippen molar-refractivity contribution in [1.82, 2.24) is 24.3 Å². The molecule has 3 aromatic heterocycles. The predicted molar refractivity (Wildman–Crippen MR) is 101 cm³/mol. The Morgan fingerprint density at radius 3 is 2.67 bits per heavy atom. The molecule has 0 amide bonds. The van der Waals surface area contributed by atoms with Gasteiger partial charge < -0.3 is 5.32 Å². The third-order valence-corrected chi connectivity index (χ3v) is 4.30. The summed E-state index contributed by atoms with van der Waals surface area (Å²) in [6, 6.07) is 11.8. The minimum Gasteiger partial charge on any atom is -0.324 e. The van der Waals surface area contributed by atoms with Crippen molar-refractivity contribution in [3.8, 4) is 11.4 Å². The number of imidazole rings is 1. The molecular formula is C17H13IN6. The van der Waals surface area contributed by atoms with Crippen LogP contribution in [-0.4, -0.2) is 24.3 Å². The minimum absolute atomic E-state index is 0.548. The summed E-state index contributed by atoms with van der Waals surface area (Å²) in [5, 5.41) is 3.23. The van der Waals surface area contributed by atoms with Gasteiger partial charge in [0.2, 0.25) is 11.7 Å². The SMILES string of the molecule is Cc1nc2ncccn2c1-c1ccnc(Nc2ccc(I)cc2)n1. The van der Waals surface area contributed by atoms with Crippen molar-refractivity contribution >= 4 is 40.0 Å². The molecule has 4 aromatic rings. The Morgan fingerprint density at radius 2 is 1.83 bits per heavy atom. The molecule has 0 aliphatic heterocycles. The lowest BCUT2D eigenvalue weighted by Gasteiger charge is -2.07. The molecule has 6 nitrogen and oxygen atoms in total. The molecule has 0 saturated carbocycles. The second-order valence-electron chi connectivity index (χ2n) is 5.23. The number of anilines is 2. The number of halogens is 1. The minimum atomic E-state index is 0.548. The van der Waals surface area contributed by atoms with Crippen LogP contribution >= 0.6 is 22.6 Å². The molecule has 0 aliphatic rings. The zero-order valence-electron chi connectivity index (χ0n) is 12.8. The summed E-state index contributed by atoms with van der Waals surface area (Å²) >= 11 is 2.28. The fourth-order valence-corrected chi connectivity index (χ4v) is 2.88. The number of hydrogen-bond donors (Lipinski definition) is 1. The number of aryl methyl sites for hydroxylation is 1. The van der Waals surface area contributed by atoms with Gasteiger partial charge in [-0.3, -0.25) is 4.40 Å². The number of nitrogens with zero attached hydrogens (tertiary/aromatic N) is 5. The van der Waals surface area contributed by atoms with Crippen LogP contribution in [0.25, 0.3) is 17.2 Å². The van der Waals surface area contributed by atoms with Gasteiger partial charge in [-0.15, -0.1) is 0 Å². The van der Waals surface area contributed by atoms with Crippen molar-refractivity contribution < 1.29 is 0 Å². The first-order chi connectivity index (χ1) is 11.7. The van der Waals surface area contributed by atoms with Crippen molar-refractivity contribution in [1.29, 1.82) is 0 Å². The molecule has 7 heteroatoms. The molecule has 0 bridgehead atoms. The van der Waals surface area contributed by atoms with E-state index in [1.54, 1.807) is 12.4 Å². The lowest BCUT2D eigenvalue weighted by molar-refractivity contribution is 1.09. The highest BCUT2D eigenvalue weighted by atomic mass is 127. The van der Waals surface area contributed by atoms with E-state index in [1.807, 2.05) is 53.9 Å². The van der Waals surface area contributed by atoms with Gasteiger partial charge >= 0.3 is 0 Å². The van der Waals surface area contributed by atoms with E-state index in [-0.39, 0.29) is 0 Å². The van der Waals surface area contributed by atoms with E-state index in [9.17, 15) is 0 Å². The van der Waals surface area contributed by atoms with Gasteiger partial charge in [-0.1, -0.05) is 0 Å². The predicted octanol–water partition coefficient (Wildman–Crippen LogP) is 3.84. The van der Waals surface area contributed by atoms with Gasteiger partial charge in [0, 0.05) is 27.8 Å². The summed E-state index contributed by atoms with van der Waals surface area (Å²) in [5.41, 5.74) is 3.55. The van der Waals surface area contributed by atoms with E-state index < -0.39 is 0 Å². The third-order valence-electron chi connectivity index (χ3n) is 3.58. The molecule has 3 heterocycles. The zero-order chi connectivity index (χ0) is 16.5. The summed E-state index contributed by atoms with van der Waals surface area (Å²) in [6.07, 6.45) is 5.41. The van der Waals surface area contributed by atoms with Gasteiger partial charge in [0.05, 0.1) is 17.1 Å². The Kier molecular flexibility index (Phi) is 3.85. The Hall–Kier alpha value is -2.55. The molecule has 1 N–H and O–H groups in total. The van der Waals surface area contributed by atoms with E-state index in [0.717, 1.165) is 22.8 Å². The normalized spacial score (nSPS) is 10.9. The highest BCUT2D eigenvalue weighted by Gasteiger charge is 2.13. The number of benzene rings is 1. The van der Waals surface area contributed by atoms with Gasteiger partial charge in [-0.2, -0.15) is 0 Å². The van der Waals surface area contributed by atoms with Crippen LogP contribution < -0.4 is 5.32 Å². The van der Waals surface area contributed by atoms with Gasteiger partial charge in [-0.05, 0) is 65.9 Å². The van der Waals surface area contributed by atoms with E-state index in [0.29, 0.717) is 11.7 Å². The zero-order valence-corrected chi connectivity index (χ0v) is 15.0. The second kappa shape index (κ2) is 6.16. The number of fused-ring (bicyclic) bond motifs is 1. The Bertz CT molecular complexity index is 1010. The molecule has 0 fully saturated rings. The largest absolute Gasteiger partial charge is 0.324 e. The lowest BCUT2D eigenvalue weighted by Crippen LogP contribution is -1.99. The molecule has 0 saturated heterocycles. The van der Waals surface area contributed by atoms with E-state index in [1.165, 1.54) is 3.57 Å². The van der Waals surface area contributed by atoms with Crippen LogP contribution in [0, 0.1) is 10.5 Å². The first-order valence-corrected chi connectivity index (χ1v) is 8.44. The highest BCUT2D eigenvalue weighted by Crippen LogP contribution is 2.23. The maximum atomic E-state index is 4.63. The number of nitrogens with one attached hydrogen (secondary N) is 1. The standard InChI is InChI=1S/C17H13IN6/c1-11-15(24-10-2-8-20-17(24)21-11)14-7-9-19-16(23-14)22-13-5-3-12(18)4-6-13/h2-10H,1H3,(H,19,22,23). The maximum absolute atomic E-state index is 4.63. The van der Waals surface area contributed by atoms with Gasteiger partial charge in [0.15, 0.2) is 0 Å². The quantitative estimate of drug-likeness (QED) is 0.503. The molecule has 0 atom stereocenters. The van der Waals surface area contributed by atoms with Gasteiger partial charge in [0.1, 0.15) is 0 Å². The summed E-state index contributed by atoms with van der Waals surface area (Å²) in [7, 11) is 0. The van der Waals surface area contributed by atoms with Crippen molar-refractivity contribution in [3.63, 3.8) is 0 Å². The third kappa shape index (κ3) is 2.82. The Balaban J connectivity index is 1.74. The second-order valence-corrected chi connectivity index (χ2v) is 6.48. The topological polar surface area (TPSA) is 68.0 Å². The molecule has 24 heavy (non-hydrogen) atoms. The lowest BCUT2D eigenvalue weighted by atomic mass is 10.2. The van der Waals surface area contributed by atoms with Crippen molar-refractivity contribution in [2.75, 3.05) is 5.32 Å². The molecule has 4 rings (SSSR count). The van der Waals surface area contributed by atoms with Crippen LogP contribution in [0.4, 0.5) is 11.6 Å². The molecule has 0 radical (unpaired) electrons. The Morgan fingerprint density at radius 1 is 1.00 bits per heavy atom. The van der Waals surface area contributed by atoms with Crippen LogP contribution in [-0.2, 0) is 0 Å². The summed E-state index contributed by atoms with van der Waals surface area (Å²) in [4.78, 5) is 17.7. The Labute approximate surface area is 152 Å². The molecule has 1 aromatic carbocycles. The summed E-state index contributed by atoms with van der Waals surface area (Å²) < 4.78 is 3.12. The van der Waals surface area contributed by atoms with Crippen LogP contribution in [0.1, 0.15) is 5.69 Å². The smallest absolute Gasteiger partial charge is 0.234 e. The summed E-state index contributed by atoms with van der Waals surface area (Å²) in [5.74, 6) is 1.21. The molecule has 0 aliphatic carbocycles. The van der Waals surface area contributed by atoms with Crippen LogP contribution in [0.2, 0.25) is 0 Å². The van der Waals surface area contributed by atoms with Crippen molar-refractivity contribution in [3.05, 3.63) is 64.3 Å². The molecule has 0 spiro atoms. The van der Waals surface area contributed by atoms with Crippen LogP contribution in [0.15, 0.2) is 55.0 Å². The fourth-order valence-electron chi connectivity index (χ4n) is 2.52. The van der Waals surface area contributed by atoms with Crippen molar-refractivity contribution in [2.45, 2.75) is 6.92 Å². The van der Waals surface area contributed by atoms with Gasteiger partial charge in [-0.25, -0.2) is 19.9 Å². The fraction of sp³-hybridized carbons (Fsp3) is 0.0588. The molecule has 0 unspecified atom stereocenters. The van der Waals surface area contributed by atoms with Crippen LogP contribution in [0.5, 0.6) is 0 Å². The van der Waals surface area contributed by atoms with E-state index in [4.69, 9.17) is 0 Å². The number of rotatable bonds is 3. The molecule has 118 valence electrons. The van der Waals surface area contributed by atoms with Crippen molar-refractivity contribution in [2.24, 2.45) is 0 Å². The van der Waals surface area contributed by atoms with Gasteiger partial charge in [0.25, 0.3) is 0 Å². The first kappa shape index (κ1) is 15.0. The average molecular weight is 428 g/mol. The number of hydrogen-bond acceptors (Lipinski definition) is 5. The molecular weight excluding hydrogens is 415 g/mol. The van der Waals surface area contributed by atoms with E-state index in [2.05, 4.69) is 47.8 Å². The monoisotopic (exact) mass is 428 g/mol. The first-order valence-electron chi connectivity index (χ1n) is 7.36. The average Bonchev–Trinajstić information content (AvgIpc) is 2.93. The summed E-state index contributed by atoms with van der Waals surface area (Å²) in [6.45, 7) is 1.96. The maximum Gasteiger partial charge on any atom is 0.234 e. The van der Waals surface area contributed by atoms with Crippen LogP contribution in [0.3, 0.4) is 0 Å². The number of aromatic nitrogens is 5. The van der Waals surface area contributed by atoms with E-state index >= 15 is 0 Å².